The number of ether oxygens (including phenoxy) is 1. The lowest BCUT2D eigenvalue weighted by Crippen LogP contribution is -2.15. The van der Waals surface area contributed by atoms with Gasteiger partial charge in [-0.3, -0.25) is 4.98 Å². The molecule has 0 aliphatic heterocycles. The van der Waals surface area contributed by atoms with Crippen molar-refractivity contribution in [1.82, 2.24) is 4.98 Å². The third-order valence-electron chi connectivity index (χ3n) is 3.38. The van der Waals surface area contributed by atoms with Gasteiger partial charge in [0, 0.05) is 17.3 Å². The molecule has 1 aromatic carbocycles. The van der Waals surface area contributed by atoms with Gasteiger partial charge in [0.2, 0.25) is 0 Å². The Kier molecular flexibility index (Phi) is 4.46. The highest BCUT2D eigenvalue weighted by Gasteiger charge is 2.37. The fraction of sp³-hybridized carbons (Fsp3) is 0.200. The highest BCUT2D eigenvalue weighted by atomic mass is 19.4. The molecule has 0 atom stereocenters. The summed E-state index contributed by atoms with van der Waals surface area (Å²) in [4.78, 5) is 15.0. The molecule has 4 nitrogen and oxygen atoms in total. The van der Waals surface area contributed by atoms with E-state index in [9.17, 15) is 26.7 Å². The molecule has 0 amide bonds. The highest BCUT2D eigenvalue weighted by Crippen LogP contribution is 2.42. The number of halogens is 5. The maximum absolute atomic E-state index is 13.9. The topological polar surface area (TPSA) is 65.2 Å². The van der Waals surface area contributed by atoms with Crippen molar-refractivity contribution in [2.45, 2.75) is 13.1 Å². The molecule has 0 radical (unpaired) electrons. The van der Waals surface area contributed by atoms with Gasteiger partial charge < -0.3 is 10.5 Å². The largest absolute Gasteiger partial charge is 0.465 e. The van der Waals surface area contributed by atoms with Gasteiger partial charge in [-0.05, 0) is 18.6 Å². The second-order valence-corrected chi connectivity index (χ2v) is 4.86. The predicted molar refractivity (Wildman–Crippen MR) is 75.1 cm³/mol. The van der Waals surface area contributed by atoms with Crippen molar-refractivity contribution in [2.75, 3.05) is 12.8 Å². The second kappa shape index (κ2) is 6.06. The quantitative estimate of drug-likeness (QED) is 0.511. The zero-order valence-corrected chi connectivity index (χ0v) is 12.5. The van der Waals surface area contributed by atoms with E-state index in [0.717, 1.165) is 7.11 Å². The summed E-state index contributed by atoms with van der Waals surface area (Å²) < 4.78 is 71.5. The van der Waals surface area contributed by atoms with Crippen LogP contribution in [-0.2, 0) is 10.9 Å². The summed E-state index contributed by atoms with van der Waals surface area (Å²) in [7, 11) is 0.986. The van der Waals surface area contributed by atoms with Gasteiger partial charge in [0.1, 0.15) is 11.5 Å². The monoisotopic (exact) mass is 346 g/mol. The number of aromatic nitrogens is 1. The van der Waals surface area contributed by atoms with Gasteiger partial charge >= 0.3 is 12.1 Å². The summed E-state index contributed by atoms with van der Waals surface area (Å²) in [5.41, 5.74) is 1.96. The van der Waals surface area contributed by atoms with Crippen LogP contribution in [0.2, 0.25) is 0 Å². The second-order valence-electron chi connectivity index (χ2n) is 4.86. The first-order valence-electron chi connectivity index (χ1n) is 6.48. The molecule has 2 rings (SSSR count). The smallest absolute Gasteiger partial charge is 0.417 e. The van der Waals surface area contributed by atoms with Crippen LogP contribution in [0.4, 0.5) is 27.6 Å². The number of pyridine rings is 1. The number of alkyl halides is 3. The van der Waals surface area contributed by atoms with Gasteiger partial charge in [-0.25, -0.2) is 13.6 Å². The minimum atomic E-state index is -4.93. The number of nitrogen functional groups attached to an aromatic ring is 1. The molecule has 1 aromatic heterocycles. The Bertz CT molecular complexity index is 818. The summed E-state index contributed by atoms with van der Waals surface area (Å²) in [6, 6.07) is 0.875. The van der Waals surface area contributed by atoms with Crippen LogP contribution in [-0.4, -0.2) is 18.1 Å². The van der Waals surface area contributed by atoms with Gasteiger partial charge in [0.05, 0.1) is 24.4 Å². The summed E-state index contributed by atoms with van der Waals surface area (Å²) >= 11 is 0. The van der Waals surface area contributed by atoms with Crippen molar-refractivity contribution in [1.29, 1.82) is 0 Å². The molecule has 1 heterocycles. The van der Waals surface area contributed by atoms with Crippen molar-refractivity contribution in [3.05, 3.63) is 46.7 Å². The normalized spacial score (nSPS) is 11.5. The van der Waals surface area contributed by atoms with Gasteiger partial charge in [-0.1, -0.05) is 0 Å². The molecule has 0 bridgehead atoms. The number of rotatable bonds is 2. The lowest BCUT2D eigenvalue weighted by atomic mass is 9.93. The van der Waals surface area contributed by atoms with Crippen LogP contribution in [0.15, 0.2) is 18.3 Å². The average molecular weight is 346 g/mol. The fourth-order valence-electron chi connectivity index (χ4n) is 2.24. The maximum atomic E-state index is 13.9. The molecule has 2 N–H and O–H groups in total. The Morgan fingerprint density at radius 1 is 1.25 bits per heavy atom. The Hall–Kier alpha value is -2.71. The SMILES string of the molecule is COC(=O)c1cc(C(F)(F)F)c(-c2ncc(F)cc2F)c(C)c1N. The molecule has 9 heteroatoms. The zero-order valence-electron chi connectivity index (χ0n) is 12.5. The Morgan fingerprint density at radius 2 is 1.88 bits per heavy atom. The van der Waals surface area contributed by atoms with E-state index < -0.39 is 46.2 Å². The van der Waals surface area contributed by atoms with Crippen LogP contribution < -0.4 is 5.73 Å². The molecule has 0 saturated heterocycles. The molecular weight excluding hydrogens is 335 g/mol. The lowest BCUT2D eigenvalue weighted by molar-refractivity contribution is -0.137. The Morgan fingerprint density at radius 3 is 2.38 bits per heavy atom. The number of nitrogens with two attached hydrogens (primary N) is 1. The number of carbonyl (C=O) groups is 1. The minimum Gasteiger partial charge on any atom is -0.465 e. The first kappa shape index (κ1) is 17.6. The van der Waals surface area contributed by atoms with E-state index in [0.29, 0.717) is 18.3 Å². The average Bonchev–Trinajstić information content (AvgIpc) is 2.48. The number of hydrogen-bond donors (Lipinski definition) is 1. The maximum Gasteiger partial charge on any atom is 0.417 e. The van der Waals surface area contributed by atoms with E-state index in [4.69, 9.17) is 5.73 Å². The lowest BCUT2D eigenvalue weighted by Gasteiger charge is -2.19. The van der Waals surface area contributed by atoms with Crippen LogP contribution in [0.3, 0.4) is 0 Å². The highest BCUT2D eigenvalue weighted by molar-refractivity contribution is 5.98. The molecule has 0 unspecified atom stereocenters. The predicted octanol–water partition coefficient (Wildman–Crippen LogP) is 3.72. The number of methoxy groups -OCH3 is 1. The molecule has 2 aromatic rings. The van der Waals surface area contributed by atoms with Crippen molar-refractivity contribution >= 4 is 11.7 Å². The van der Waals surface area contributed by atoms with Crippen molar-refractivity contribution in [2.24, 2.45) is 0 Å². The summed E-state index contributed by atoms with van der Waals surface area (Å²) in [5, 5.41) is 0. The van der Waals surface area contributed by atoms with E-state index in [2.05, 4.69) is 9.72 Å². The van der Waals surface area contributed by atoms with Gasteiger partial charge in [-0.15, -0.1) is 0 Å². The van der Waals surface area contributed by atoms with Crippen molar-refractivity contribution in [3.8, 4) is 11.3 Å². The minimum absolute atomic E-state index is 0.219. The Labute approximate surface area is 133 Å². The van der Waals surface area contributed by atoms with Crippen LogP contribution in [0.1, 0.15) is 21.5 Å². The third-order valence-corrected chi connectivity index (χ3v) is 3.38. The summed E-state index contributed by atoms with van der Waals surface area (Å²) in [6.45, 7) is 1.18. The number of benzene rings is 1. The molecule has 0 aliphatic carbocycles. The Balaban J connectivity index is 2.89. The summed E-state index contributed by atoms with van der Waals surface area (Å²) in [5.74, 6) is -3.39. The number of hydrogen-bond acceptors (Lipinski definition) is 4. The fourth-order valence-corrected chi connectivity index (χ4v) is 2.24. The first-order valence-corrected chi connectivity index (χ1v) is 6.48. The third kappa shape index (κ3) is 3.01. The number of anilines is 1. The molecular formula is C15H11F5N2O2. The molecule has 128 valence electrons. The standard InChI is InChI=1S/C15H11F5N2O2/c1-6-11(13-10(17)3-7(16)5-22-13)9(15(18,19)20)4-8(12(6)21)14(23)24-2/h3-5H,21H2,1-2H3. The van der Waals surface area contributed by atoms with E-state index >= 15 is 0 Å². The molecule has 0 spiro atoms. The molecule has 0 aliphatic rings. The van der Waals surface area contributed by atoms with Crippen LogP contribution in [0.5, 0.6) is 0 Å². The number of carbonyl (C=O) groups excluding carboxylic acids is 1. The van der Waals surface area contributed by atoms with E-state index in [1.54, 1.807) is 0 Å². The van der Waals surface area contributed by atoms with E-state index in [-0.39, 0.29) is 11.3 Å². The van der Waals surface area contributed by atoms with Gasteiger partial charge in [0.15, 0.2) is 5.82 Å². The molecule has 0 saturated carbocycles. The van der Waals surface area contributed by atoms with Crippen LogP contribution >= 0.6 is 0 Å². The number of nitrogens with zero attached hydrogens (tertiary/aromatic N) is 1. The van der Waals surface area contributed by atoms with Crippen molar-refractivity contribution < 1.29 is 31.5 Å². The van der Waals surface area contributed by atoms with Gasteiger partial charge in [-0.2, -0.15) is 13.2 Å². The summed E-state index contributed by atoms with van der Waals surface area (Å²) in [6.07, 6.45) is -4.35. The van der Waals surface area contributed by atoms with Gasteiger partial charge in [0.25, 0.3) is 0 Å². The molecule has 0 fully saturated rings. The van der Waals surface area contributed by atoms with Crippen LogP contribution in [0, 0.1) is 18.6 Å². The van der Waals surface area contributed by atoms with E-state index in [1.807, 2.05) is 0 Å². The van der Waals surface area contributed by atoms with Crippen molar-refractivity contribution in [3.63, 3.8) is 0 Å². The zero-order chi connectivity index (χ0) is 18.2. The number of esters is 1. The molecule has 24 heavy (non-hydrogen) atoms. The first-order chi connectivity index (χ1) is 11.1. The van der Waals surface area contributed by atoms with Crippen LogP contribution in [0.25, 0.3) is 11.3 Å². The van der Waals surface area contributed by atoms with E-state index in [1.165, 1.54) is 6.92 Å².